The molecule has 1 saturated heterocycles. The second kappa shape index (κ2) is 6.24. The predicted octanol–water partition coefficient (Wildman–Crippen LogP) is 1.87. The highest BCUT2D eigenvalue weighted by Crippen LogP contribution is 2.19. The van der Waals surface area contributed by atoms with Gasteiger partial charge in [0.05, 0.1) is 4.90 Å². The SMILES string of the molecule is CC(C)Cc1ccc(S(=O)(=O)N2CCN[C@H](C)C2)cc1. The lowest BCUT2D eigenvalue weighted by molar-refractivity contribution is 0.310. The minimum atomic E-state index is -3.35. The number of benzene rings is 1. The van der Waals surface area contributed by atoms with Gasteiger partial charge in [-0.1, -0.05) is 26.0 Å². The number of sulfonamides is 1. The average molecular weight is 296 g/mol. The first kappa shape index (κ1) is 15.5. The van der Waals surface area contributed by atoms with Crippen LogP contribution in [0.3, 0.4) is 0 Å². The molecule has 0 aliphatic carbocycles. The molecule has 0 saturated carbocycles. The van der Waals surface area contributed by atoms with E-state index in [1.54, 1.807) is 16.4 Å². The van der Waals surface area contributed by atoms with Crippen molar-refractivity contribution in [3.8, 4) is 0 Å². The summed E-state index contributed by atoms with van der Waals surface area (Å²) in [5.74, 6) is 0.575. The number of nitrogens with zero attached hydrogens (tertiary/aromatic N) is 1. The maximum atomic E-state index is 12.6. The summed E-state index contributed by atoms with van der Waals surface area (Å²) in [6.45, 7) is 8.12. The van der Waals surface area contributed by atoms with Crippen molar-refractivity contribution in [1.29, 1.82) is 0 Å². The Morgan fingerprint density at radius 3 is 2.50 bits per heavy atom. The molecule has 112 valence electrons. The van der Waals surface area contributed by atoms with Gasteiger partial charge >= 0.3 is 0 Å². The van der Waals surface area contributed by atoms with Gasteiger partial charge in [-0.25, -0.2) is 8.42 Å². The van der Waals surface area contributed by atoms with Crippen LogP contribution >= 0.6 is 0 Å². The minimum Gasteiger partial charge on any atom is -0.312 e. The molecule has 1 N–H and O–H groups in total. The summed E-state index contributed by atoms with van der Waals surface area (Å²) in [6.07, 6.45) is 0.977. The summed E-state index contributed by atoms with van der Waals surface area (Å²) in [6, 6.07) is 7.54. The fourth-order valence-corrected chi connectivity index (χ4v) is 4.06. The lowest BCUT2D eigenvalue weighted by atomic mass is 10.0. The molecule has 0 unspecified atom stereocenters. The number of piperazine rings is 1. The maximum absolute atomic E-state index is 12.6. The van der Waals surface area contributed by atoms with Crippen molar-refractivity contribution in [2.24, 2.45) is 5.92 Å². The summed E-state index contributed by atoms with van der Waals surface area (Å²) >= 11 is 0. The van der Waals surface area contributed by atoms with Crippen LogP contribution in [0.15, 0.2) is 29.2 Å². The fourth-order valence-electron chi connectivity index (χ4n) is 2.53. The Morgan fingerprint density at radius 2 is 1.95 bits per heavy atom. The third kappa shape index (κ3) is 3.59. The summed E-state index contributed by atoms with van der Waals surface area (Å²) < 4.78 is 26.7. The highest BCUT2D eigenvalue weighted by molar-refractivity contribution is 7.89. The van der Waals surface area contributed by atoms with E-state index in [1.807, 2.05) is 19.1 Å². The third-order valence-electron chi connectivity index (χ3n) is 3.54. The molecular weight excluding hydrogens is 272 g/mol. The Labute approximate surface area is 122 Å². The summed E-state index contributed by atoms with van der Waals surface area (Å²) in [5.41, 5.74) is 1.19. The molecule has 20 heavy (non-hydrogen) atoms. The van der Waals surface area contributed by atoms with Gasteiger partial charge in [0.2, 0.25) is 10.0 Å². The zero-order chi connectivity index (χ0) is 14.8. The number of hydrogen-bond acceptors (Lipinski definition) is 3. The second-order valence-corrected chi connectivity index (χ2v) is 7.90. The lowest BCUT2D eigenvalue weighted by Crippen LogP contribution is -2.51. The fraction of sp³-hybridized carbons (Fsp3) is 0.600. The first-order valence-electron chi connectivity index (χ1n) is 7.22. The molecule has 1 aliphatic rings. The normalized spacial score (nSPS) is 21.3. The van der Waals surface area contributed by atoms with E-state index in [0.717, 1.165) is 6.42 Å². The second-order valence-electron chi connectivity index (χ2n) is 5.96. The van der Waals surface area contributed by atoms with Gasteiger partial charge in [0.15, 0.2) is 0 Å². The molecule has 0 amide bonds. The number of nitrogens with one attached hydrogen (secondary N) is 1. The molecular formula is C15H24N2O2S. The van der Waals surface area contributed by atoms with Crippen LogP contribution in [0, 0.1) is 5.92 Å². The Balaban J connectivity index is 2.17. The van der Waals surface area contributed by atoms with Crippen molar-refractivity contribution in [3.63, 3.8) is 0 Å². The molecule has 1 aromatic carbocycles. The lowest BCUT2D eigenvalue weighted by Gasteiger charge is -2.31. The molecule has 0 bridgehead atoms. The van der Waals surface area contributed by atoms with Crippen LogP contribution in [-0.2, 0) is 16.4 Å². The quantitative estimate of drug-likeness (QED) is 0.923. The minimum absolute atomic E-state index is 0.207. The molecule has 1 aliphatic heterocycles. The average Bonchev–Trinajstić information content (AvgIpc) is 2.38. The van der Waals surface area contributed by atoms with E-state index in [4.69, 9.17) is 0 Å². The molecule has 0 radical (unpaired) electrons. The zero-order valence-electron chi connectivity index (χ0n) is 12.5. The number of hydrogen-bond donors (Lipinski definition) is 1. The van der Waals surface area contributed by atoms with Gasteiger partial charge in [0, 0.05) is 25.7 Å². The molecule has 1 aromatic rings. The molecule has 5 heteroatoms. The standard InChI is InChI=1S/C15H24N2O2S/c1-12(2)10-14-4-6-15(7-5-14)20(18,19)17-9-8-16-13(3)11-17/h4-7,12-13,16H,8-11H2,1-3H3/t13-/m1/s1. The van der Waals surface area contributed by atoms with Crippen LogP contribution in [0.4, 0.5) is 0 Å². The maximum Gasteiger partial charge on any atom is 0.243 e. The molecule has 4 nitrogen and oxygen atoms in total. The van der Waals surface area contributed by atoms with Gasteiger partial charge < -0.3 is 5.32 Å². The van der Waals surface area contributed by atoms with Gasteiger partial charge in [0.25, 0.3) is 0 Å². The van der Waals surface area contributed by atoms with Crippen molar-refractivity contribution in [2.75, 3.05) is 19.6 Å². The summed E-state index contributed by atoms with van der Waals surface area (Å²) in [4.78, 5) is 0.402. The van der Waals surface area contributed by atoms with Crippen LogP contribution in [-0.4, -0.2) is 38.4 Å². The van der Waals surface area contributed by atoms with Crippen molar-refractivity contribution in [1.82, 2.24) is 9.62 Å². The first-order chi connectivity index (χ1) is 9.39. The van der Waals surface area contributed by atoms with Crippen LogP contribution in [0.2, 0.25) is 0 Å². The molecule has 0 aromatic heterocycles. The van der Waals surface area contributed by atoms with Gasteiger partial charge in [-0.3, -0.25) is 0 Å². The van der Waals surface area contributed by atoms with E-state index in [2.05, 4.69) is 19.2 Å². The Kier molecular flexibility index (Phi) is 4.83. The van der Waals surface area contributed by atoms with Crippen LogP contribution in [0.5, 0.6) is 0 Å². The largest absolute Gasteiger partial charge is 0.312 e. The molecule has 1 atom stereocenters. The summed E-state index contributed by atoms with van der Waals surface area (Å²) in [5, 5.41) is 3.26. The third-order valence-corrected chi connectivity index (χ3v) is 5.42. The van der Waals surface area contributed by atoms with E-state index in [9.17, 15) is 8.42 Å². The van der Waals surface area contributed by atoms with Gasteiger partial charge in [-0.05, 0) is 37.0 Å². The molecule has 0 spiro atoms. The van der Waals surface area contributed by atoms with Crippen molar-refractivity contribution < 1.29 is 8.42 Å². The van der Waals surface area contributed by atoms with Crippen LogP contribution in [0.1, 0.15) is 26.3 Å². The molecule has 1 heterocycles. The first-order valence-corrected chi connectivity index (χ1v) is 8.66. The predicted molar refractivity (Wildman–Crippen MR) is 81.2 cm³/mol. The van der Waals surface area contributed by atoms with Crippen LogP contribution < -0.4 is 5.32 Å². The topological polar surface area (TPSA) is 49.4 Å². The van der Waals surface area contributed by atoms with E-state index in [1.165, 1.54) is 5.56 Å². The smallest absolute Gasteiger partial charge is 0.243 e. The van der Waals surface area contributed by atoms with E-state index < -0.39 is 10.0 Å². The Morgan fingerprint density at radius 1 is 1.30 bits per heavy atom. The summed E-state index contributed by atoms with van der Waals surface area (Å²) in [7, 11) is -3.35. The number of rotatable bonds is 4. The van der Waals surface area contributed by atoms with E-state index >= 15 is 0 Å². The van der Waals surface area contributed by atoms with E-state index in [-0.39, 0.29) is 6.04 Å². The zero-order valence-corrected chi connectivity index (χ0v) is 13.3. The monoisotopic (exact) mass is 296 g/mol. The van der Waals surface area contributed by atoms with Gasteiger partial charge in [-0.2, -0.15) is 4.31 Å². The van der Waals surface area contributed by atoms with Crippen molar-refractivity contribution in [2.45, 2.75) is 38.1 Å². The Bertz CT molecular complexity index is 537. The van der Waals surface area contributed by atoms with E-state index in [0.29, 0.717) is 30.4 Å². The molecule has 1 fully saturated rings. The van der Waals surface area contributed by atoms with Crippen LogP contribution in [0.25, 0.3) is 0 Å². The highest BCUT2D eigenvalue weighted by atomic mass is 32.2. The van der Waals surface area contributed by atoms with Gasteiger partial charge in [0.1, 0.15) is 0 Å². The Hall–Kier alpha value is -0.910. The van der Waals surface area contributed by atoms with Gasteiger partial charge in [-0.15, -0.1) is 0 Å². The van der Waals surface area contributed by atoms with Crippen molar-refractivity contribution >= 4 is 10.0 Å². The highest BCUT2D eigenvalue weighted by Gasteiger charge is 2.28. The molecule has 2 rings (SSSR count). The van der Waals surface area contributed by atoms with Crippen molar-refractivity contribution in [3.05, 3.63) is 29.8 Å².